The number of fused-ring (bicyclic) bond motifs is 1. The summed E-state index contributed by atoms with van der Waals surface area (Å²) in [6.07, 6.45) is 0.872. The number of aryl methyl sites for hydroxylation is 1. The van der Waals surface area contributed by atoms with E-state index in [9.17, 15) is 0 Å². The minimum Gasteiger partial charge on any atom is -0.486 e. The highest BCUT2D eigenvalue weighted by atomic mass is 35.5. The van der Waals surface area contributed by atoms with Gasteiger partial charge in [-0.2, -0.15) is 4.37 Å². The Bertz CT molecular complexity index is 882. The van der Waals surface area contributed by atoms with E-state index in [0.717, 1.165) is 55.1 Å². The molecule has 2 aliphatic rings. The van der Waals surface area contributed by atoms with Crippen LogP contribution in [0.25, 0.3) is 0 Å². The summed E-state index contributed by atoms with van der Waals surface area (Å²) in [4.78, 5) is 13.6. The summed E-state index contributed by atoms with van der Waals surface area (Å²) >= 11 is 7.82. The van der Waals surface area contributed by atoms with Crippen LogP contribution in [0.5, 0.6) is 11.5 Å². The number of ether oxygens (including phenoxy) is 2. The van der Waals surface area contributed by atoms with E-state index in [2.05, 4.69) is 36.4 Å². The molecule has 1 aromatic heterocycles. The van der Waals surface area contributed by atoms with Crippen molar-refractivity contribution in [1.29, 1.82) is 0 Å². The van der Waals surface area contributed by atoms with Crippen LogP contribution in [0.3, 0.4) is 0 Å². The number of piperazine rings is 1. The molecule has 1 aromatic carbocycles. The van der Waals surface area contributed by atoms with Gasteiger partial charge in [-0.25, -0.2) is 4.98 Å². The van der Waals surface area contributed by atoms with Crippen LogP contribution >= 0.6 is 23.1 Å². The number of nitrogens with zero attached hydrogens (tertiary/aromatic N) is 5. The predicted molar refractivity (Wildman–Crippen MR) is 116 cm³/mol. The molecule has 0 unspecified atom stereocenters. The molecule has 0 spiro atoms. The van der Waals surface area contributed by atoms with Crippen LogP contribution in [0.15, 0.2) is 17.1 Å². The lowest BCUT2D eigenvalue weighted by molar-refractivity contribution is 0.171. The normalized spacial score (nSPS) is 16.9. The molecular formula is C19H25ClN6O2S. The number of nitrogens with one attached hydrogen (secondary N) is 1. The van der Waals surface area contributed by atoms with Gasteiger partial charge in [-0.3, -0.25) is 4.99 Å². The van der Waals surface area contributed by atoms with Gasteiger partial charge in [-0.1, -0.05) is 18.5 Å². The number of hydrogen-bond acceptors (Lipinski definition) is 7. The summed E-state index contributed by atoms with van der Waals surface area (Å²) in [5, 5.41) is 5.02. The van der Waals surface area contributed by atoms with Crippen LogP contribution in [0.4, 0.5) is 5.13 Å². The first-order valence-electron chi connectivity index (χ1n) is 9.79. The number of aromatic nitrogens is 2. The van der Waals surface area contributed by atoms with Gasteiger partial charge in [0, 0.05) is 57.7 Å². The van der Waals surface area contributed by atoms with Gasteiger partial charge >= 0.3 is 0 Å². The highest BCUT2D eigenvalue weighted by molar-refractivity contribution is 7.09. The number of aliphatic imine (C=N–C) groups is 1. The first-order chi connectivity index (χ1) is 14.2. The smallest absolute Gasteiger partial charge is 0.205 e. The average molecular weight is 437 g/mol. The van der Waals surface area contributed by atoms with E-state index in [1.165, 1.54) is 11.5 Å². The second kappa shape index (κ2) is 9.04. The van der Waals surface area contributed by atoms with Crippen molar-refractivity contribution in [2.45, 2.75) is 19.9 Å². The van der Waals surface area contributed by atoms with Gasteiger partial charge in [-0.15, -0.1) is 0 Å². The van der Waals surface area contributed by atoms with Crippen LogP contribution in [-0.4, -0.2) is 66.7 Å². The van der Waals surface area contributed by atoms with E-state index < -0.39 is 0 Å². The molecule has 2 aliphatic heterocycles. The average Bonchev–Trinajstić information content (AvgIpc) is 3.24. The molecule has 1 fully saturated rings. The van der Waals surface area contributed by atoms with Gasteiger partial charge in [0.1, 0.15) is 19.0 Å². The lowest BCUT2D eigenvalue weighted by Crippen LogP contribution is -2.52. The second-order valence-corrected chi connectivity index (χ2v) is 7.96. The number of guanidine groups is 1. The molecule has 10 heteroatoms. The van der Waals surface area contributed by atoms with Gasteiger partial charge in [0.15, 0.2) is 17.5 Å². The molecular weight excluding hydrogens is 412 g/mol. The van der Waals surface area contributed by atoms with Gasteiger partial charge in [0.25, 0.3) is 0 Å². The van der Waals surface area contributed by atoms with Gasteiger partial charge in [0.05, 0.1) is 5.02 Å². The molecule has 0 atom stereocenters. The highest BCUT2D eigenvalue weighted by Crippen LogP contribution is 2.38. The van der Waals surface area contributed by atoms with Crippen molar-refractivity contribution in [1.82, 2.24) is 19.6 Å². The summed E-state index contributed by atoms with van der Waals surface area (Å²) < 4.78 is 15.6. The van der Waals surface area contributed by atoms with Crippen molar-refractivity contribution in [2.24, 2.45) is 4.99 Å². The molecule has 0 aliphatic carbocycles. The van der Waals surface area contributed by atoms with Crippen molar-refractivity contribution in [3.8, 4) is 11.5 Å². The third-order valence-corrected chi connectivity index (χ3v) is 6.04. The lowest BCUT2D eigenvalue weighted by Gasteiger charge is -2.36. The first kappa shape index (κ1) is 20.0. The summed E-state index contributed by atoms with van der Waals surface area (Å²) in [6.45, 7) is 7.31. The SMILES string of the molecule is CCc1nsc(N2CCN(C(=NC)NCc3cc(Cl)c4c(c3)OCCO4)CC2)n1. The third kappa shape index (κ3) is 4.51. The fourth-order valence-electron chi connectivity index (χ4n) is 3.41. The summed E-state index contributed by atoms with van der Waals surface area (Å²) in [5.74, 6) is 3.13. The zero-order valence-electron chi connectivity index (χ0n) is 16.7. The number of anilines is 1. The number of halogens is 1. The Kier molecular flexibility index (Phi) is 6.25. The lowest BCUT2D eigenvalue weighted by atomic mass is 10.2. The highest BCUT2D eigenvalue weighted by Gasteiger charge is 2.22. The zero-order chi connectivity index (χ0) is 20.2. The molecule has 0 radical (unpaired) electrons. The van der Waals surface area contributed by atoms with Crippen molar-refractivity contribution >= 4 is 34.2 Å². The maximum absolute atomic E-state index is 6.34. The third-order valence-electron chi connectivity index (χ3n) is 4.94. The molecule has 3 heterocycles. The number of benzene rings is 1. The topological polar surface area (TPSA) is 75.1 Å². The molecule has 4 rings (SSSR count). The molecule has 1 N–H and O–H groups in total. The Morgan fingerprint density at radius 1 is 1.24 bits per heavy atom. The Labute approximate surface area is 179 Å². The molecule has 0 amide bonds. The molecule has 8 nitrogen and oxygen atoms in total. The minimum atomic E-state index is 0.528. The van der Waals surface area contributed by atoms with Crippen LogP contribution in [0.2, 0.25) is 5.02 Å². The Hall–Kier alpha value is -2.26. The number of hydrogen-bond donors (Lipinski definition) is 1. The predicted octanol–water partition coefficient (Wildman–Crippen LogP) is 2.42. The molecule has 0 saturated carbocycles. The van der Waals surface area contributed by atoms with E-state index in [-0.39, 0.29) is 0 Å². The minimum absolute atomic E-state index is 0.528. The first-order valence-corrected chi connectivity index (χ1v) is 10.9. The summed E-state index contributed by atoms with van der Waals surface area (Å²) in [5.41, 5.74) is 1.03. The van der Waals surface area contributed by atoms with Crippen LogP contribution in [-0.2, 0) is 13.0 Å². The number of rotatable bonds is 4. The van der Waals surface area contributed by atoms with Crippen molar-refractivity contribution < 1.29 is 9.47 Å². The monoisotopic (exact) mass is 436 g/mol. The molecule has 1 saturated heterocycles. The fourth-order valence-corrected chi connectivity index (χ4v) is 4.50. The Balaban J connectivity index is 1.34. The van der Waals surface area contributed by atoms with Crippen LogP contribution in [0, 0.1) is 0 Å². The van der Waals surface area contributed by atoms with Gasteiger partial charge in [0.2, 0.25) is 5.13 Å². The van der Waals surface area contributed by atoms with Crippen LogP contribution < -0.4 is 19.7 Å². The summed E-state index contributed by atoms with van der Waals surface area (Å²) in [7, 11) is 1.81. The fraction of sp³-hybridized carbons (Fsp3) is 0.526. The molecule has 29 heavy (non-hydrogen) atoms. The van der Waals surface area contributed by atoms with Crippen molar-refractivity contribution in [3.63, 3.8) is 0 Å². The van der Waals surface area contributed by atoms with E-state index in [1.807, 2.05) is 19.2 Å². The molecule has 156 valence electrons. The maximum Gasteiger partial charge on any atom is 0.205 e. The van der Waals surface area contributed by atoms with E-state index in [0.29, 0.717) is 36.3 Å². The van der Waals surface area contributed by atoms with Gasteiger partial charge in [-0.05, 0) is 17.7 Å². The quantitative estimate of drug-likeness (QED) is 0.582. The maximum atomic E-state index is 6.34. The van der Waals surface area contributed by atoms with E-state index in [4.69, 9.17) is 21.1 Å². The van der Waals surface area contributed by atoms with Crippen LogP contribution in [0.1, 0.15) is 18.3 Å². The molecule has 0 bridgehead atoms. The van der Waals surface area contributed by atoms with Crippen molar-refractivity contribution in [3.05, 3.63) is 28.5 Å². The largest absolute Gasteiger partial charge is 0.486 e. The summed E-state index contributed by atoms with van der Waals surface area (Å²) in [6, 6.07) is 3.88. The van der Waals surface area contributed by atoms with Gasteiger partial charge < -0.3 is 24.6 Å². The Morgan fingerprint density at radius 2 is 2.03 bits per heavy atom. The zero-order valence-corrected chi connectivity index (χ0v) is 18.2. The van der Waals surface area contributed by atoms with Crippen molar-refractivity contribution in [2.75, 3.05) is 51.3 Å². The van der Waals surface area contributed by atoms with E-state index in [1.54, 1.807) is 0 Å². The molecule has 2 aromatic rings. The van der Waals surface area contributed by atoms with E-state index >= 15 is 0 Å². The Morgan fingerprint density at radius 3 is 2.76 bits per heavy atom. The standard InChI is InChI=1S/C19H25ClN6O2S/c1-3-16-23-19(29-24-16)26-6-4-25(5-7-26)18(21-2)22-12-13-10-14(20)17-15(11-13)27-8-9-28-17/h10-11H,3-9,12H2,1-2H3,(H,21,22). The second-order valence-electron chi connectivity index (χ2n) is 6.82.